The van der Waals surface area contributed by atoms with Gasteiger partial charge in [0, 0.05) is 18.5 Å². The molecule has 8 heteroatoms. The second-order valence-electron chi connectivity index (χ2n) is 7.23. The quantitative estimate of drug-likeness (QED) is 0.506. The Morgan fingerprint density at radius 1 is 1.10 bits per heavy atom. The molecule has 1 unspecified atom stereocenters. The van der Waals surface area contributed by atoms with Crippen LogP contribution < -0.4 is 5.32 Å². The molecule has 0 spiro atoms. The van der Waals surface area contributed by atoms with E-state index in [9.17, 15) is 4.79 Å². The van der Waals surface area contributed by atoms with Crippen LogP contribution in [0.1, 0.15) is 25.7 Å². The van der Waals surface area contributed by atoms with E-state index in [0.29, 0.717) is 18.8 Å². The van der Waals surface area contributed by atoms with Crippen LogP contribution in [0, 0.1) is 5.92 Å². The van der Waals surface area contributed by atoms with Crippen molar-refractivity contribution in [3.05, 3.63) is 60.4 Å². The van der Waals surface area contributed by atoms with E-state index in [1.54, 1.807) is 0 Å². The third-order valence-electron chi connectivity index (χ3n) is 4.71. The number of hydrogen-bond donors (Lipinski definition) is 2. The molecule has 8 nitrogen and oxygen atoms in total. The van der Waals surface area contributed by atoms with Gasteiger partial charge in [0.05, 0.1) is 11.0 Å². The number of aromatic nitrogens is 6. The molecule has 0 bridgehead atoms. The number of carbonyl (C=O) groups is 1. The van der Waals surface area contributed by atoms with Gasteiger partial charge in [-0.05, 0) is 23.3 Å². The summed E-state index contributed by atoms with van der Waals surface area (Å²) in [5, 5.41) is 15.6. The number of benzene rings is 2. The summed E-state index contributed by atoms with van der Waals surface area (Å²) >= 11 is 0. The van der Waals surface area contributed by atoms with Gasteiger partial charge in [-0.1, -0.05) is 56.3 Å². The third-order valence-corrected chi connectivity index (χ3v) is 4.71. The molecule has 0 saturated heterocycles. The summed E-state index contributed by atoms with van der Waals surface area (Å²) in [6, 6.07) is 16.9. The molecule has 0 saturated carbocycles. The Balaban J connectivity index is 1.42. The minimum absolute atomic E-state index is 0.0130. The molecule has 148 valence electrons. The molecule has 0 aliphatic carbocycles. The van der Waals surface area contributed by atoms with Crippen molar-refractivity contribution < 1.29 is 4.79 Å². The second-order valence-corrected chi connectivity index (χ2v) is 7.23. The van der Waals surface area contributed by atoms with Crippen LogP contribution >= 0.6 is 0 Å². The number of nitrogens with zero attached hydrogens (tertiary/aromatic N) is 5. The Morgan fingerprint density at radius 3 is 2.62 bits per heavy atom. The topological polar surface area (TPSA) is 101 Å². The molecule has 1 amide bonds. The predicted octanol–water partition coefficient (Wildman–Crippen LogP) is 2.77. The van der Waals surface area contributed by atoms with Gasteiger partial charge in [0.2, 0.25) is 11.7 Å². The van der Waals surface area contributed by atoms with Gasteiger partial charge in [0.15, 0.2) is 6.04 Å². The summed E-state index contributed by atoms with van der Waals surface area (Å²) in [6.07, 6.45) is 0.616. The van der Waals surface area contributed by atoms with Crippen LogP contribution in [0.3, 0.4) is 0 Å². The van der Waals surface area contributed by atoms with Crippen LogP contribution in [0.25, 0.3) is 22.4 Å². The molecule has 2 aromatic carbocycles. The molecule has 0 fully saturated rings. The fraction of sp³-hybridized carbons (Fsp3) is 0.286. The van der Waals surface area contributed by atoms with Crippen molar-refractivity contribution in [3.63, 3.8) is 0 Å². The van der Waals surface area contributed by atoms with Crippen LogP contribution in [0.15, 0.2) is 54.6 Å². The van der Waals surface area contributed by atoms with Gasteiger partial charge in [0.25, 0.3) is 0 Å². The minimum Gasteiger partial charge on any atom is -0.354 e. The number of rotatable bonds is 7. The lowest BCUT2D eigenvalue weighted by molar-refractivity contribution is -0.126. The maximum atomic E-state index is 12.8. The molecular formula is C21H23N7O. The Labute approximate surface area is 168 Å². The molecular weight excluding hydrogens is 366 g/mol. The first-order valence-corrected chi connectivity index (χ1v) is 9.68. The Morgan fingerprint density at radius 2 is 1.86 bits per heavy atom. The zero-order chi connectivity index (χ0) is 20.2. The van der Waals surface area contributed by atoms with E-state index in [0.717, 1.165) is 22.4 Å². The van der Waals surface area contributed by atoms with Crippen LogP contribution in [0.5, 0.6) is 0 Å². The number of amides is 1. The first-order chi connectivity index (χ1) is 14.1. The van der Waals surface area contributed by atoms with E-state index in [1.807, 2.05) is 68.4 Å². The summed E-state index contributed by atoms with van der Waals surface area (Å²) in [4.78, 5) is 22.0. The van der Waals surface area contributed by atoms with Gasteiger partial charge in [-0.15, -0.1) is 10.2 Å². The SMILES string of the molecule is CC(C)C(C(=O)NCCc1nc2ccccc2[nH]1)n1nnc(-c2ccccc2)n1. The first kappa shape index (κ1) is 18.8. The summed E-state index contributed by atoms with van der Waals surface area (Å²) < 4.78 is 0. The maximum absolute atomic E-state index is 12.8. The Bertz CT molecular complexity index is 1070. The van der Waals surface area contributed by atoms with Crippen LogP contribution in [-0.4, -0.2) is 42.6 Å². The number of imidazole rings is 1. The van der Waals surface area contributed by atoms with E-state index in [2.05, 4.69) is 30.7 Å². The van der Waals surface area contributed by atoms with Crippen molar-refractivity contribution in [1.29, 1.82) is 0 Å². The number of carbonyl (C=O) groups excluding carboxylic acids is 1. The molecule has 2 heterocycles. The highest BCUT2D eigenvalue weighted by atomic mass is 16.2. The summed E-state index contributed by atoms with van der Waals surface area (Å²) in [5.74, 6) is 1.23. The maximum Gasteiger partial charge on any atom is 0.247 e. The van der Waals surface area contributed by atoms with Gasteiger partial charge >= 0.3 is 0 Å². The Hall–Kier alpha value is -3.55. The largest absolute Gasteiger partial charge is 0.354 e. The van der Waals surface area contributed by atoms with Crippen LogP contribution in [0.4, 0.5) is 0 Å². The van der Waals surface area contributed by atoms with Gasteiger partial charge < -0.3 is 10.3 Å². The van der Waals surface area contributed by atoms with Crippen molar-refractivity contribution in [3.8, 4) is 11.4 Å². The van der Waals surface area contributed by atoms with E-state index >= 15 is 0 Å². The number of tetrazole rings is 1. The van der Waals surface area contributed by atoms with Gasteiger partial charge in [0.1, 0.15) is 5.82 Å². The number of H-pyrrole nitrogens is 1. The van der Waals surface area contributed by atoms with Gasteiger partial charge in [-0.2, -0.15) is 4.80 Å². The highest BCUT2D eigenvalue weighted by Crippen LogP contribution is 2.19. The lowest BCUT2D eigenvalue weighted by Crippen LogP contribution is -2.37. The monoisotopic (exact) mass is 389 g/mol. The third kappa shape index (κ3) is 4.16. The van der Waals surface area contributed by atoms with Crippen molar-refractivity contribution in [2.75, 3.05) is 6.54 Å². The number of aromatic amines is 1. The number of fused-ring (bicyclic) bond motifs is 1. The lowest BCUT2D eigenvalue weighted by atomic mass is 10.0. The van der Waals surface area contributed by atoms with E-state index < -0.39 is 6.04 Å². The average Bonchev–Trinajstić information content (AvgIpc) is 3.35. The van der Waals surface area contributed by atoms with Gasteiger partial charge in [-0.3, -0.25) is 4.79 Å². The van der Waals surface area contributed by atoms with E-state index in [1.165, 1.54) is 4.80 Å². The van der Waals surface area contributed by atoms with Gasteiger partial charge in [-0.25, -0.2) is 4.98 Å². The number of hydrogen-bond acceptors (Lipinski definition) is 5. The molecule has 0 aliphatic rings. The van der Waals surface area contributed by atoms with Crippen molar-refractivity contribution in [2.24, 2.45) is 5.92 Å². The second kappa shape index (κ2) is 8.22. The summed E-state index contributed by atoms with van der Waals surface area (Å²) in [7, 11) is 0. The molecule has 2 N–H and O–H groups in total. The fourth-order valence-corrected chi connectivity index (χ4v) is 3.25. The minimum atomic E-state index is -0.532. The summed E-state index contributed by atoms with van der Waals surface area (Å²) in [5.41, 5.74) is 2.79. The number of nitrogens with one attached hydrogen (secondary N) is 2. The molecule has 1 atom stereocenters. The molecule has 0 radical (unpaired) electrons. The zero-order valence-electron chi connectivity index (χ0n) is 16.4. The van der Waals surface area contributed by atoms with Crippen molar-refractivity contribution in [1.82, 2.24) is 35.5 Å². The smallest absolute Gasteiger partial charge is 0.247 e. The average molecular weight is 389 g/mol. The molecule has 2 aromatic heterocycles. The molecule has 0 aliphatic heterocycles. The zero-order valence-corrected chi connectivity index (χ0v) is 16.4. The molecule has 29 heavy (non-hydrogen) atoms. The van der Waals surface area contributed by atoms with Crippen molar-refractivity contribution >= 4 is 16.9 Å². The normalized spacial score (nSPS) is 12.4. The Kier molecular flexibility index (Phi) is 5.33. The van der Waals surface area contributed by atoms with E-state index in [4.69, 9.17) is 0 Å². The van der Waals surface area contributed by atoms with E-state index in [-0.39, 0.29) is 11.8 Å². The molecule has 4 rings (SSSR count). The standard InChI is InChI=1S/C21H23N7O/c1-14(2)19(28-26-20(25-27-28)15-8-4-3-5-9-15)21(29)22-13-12-18-23-16-10-6-7-11-17(16)24-18/h3-11,14,19H,12-13H2,1-2H3,(H,22,29)(H,23,24). The lowest BCUT2D eigenvalue weighted by Gasteiger charge is -2.18. The molecule has 4 aromatic rings. The summed E-state index contributed by atoms with van der Waals surface area (Å²) in [6.45, 7) is 4.41. The fourth-order valence-electron chi connectivity index (χ4n) is 3.25. The van der Waals surface area contributed by atoms with Crippen molar-refractivity contribution in [2.45, 2.75) is 26.3 Å². The number of para-hydroxylation sites is 2. The highest BCUT2D eigenvalue weighted by Gasteiger charge is 2.27. The van der Waals surface area contributed by atoms with Crippen LogP contribution in [-0.2, 0) is 11.2 Å². The highest BCUT2D eigenvalue weighted by molar-refractivity contribution is 5.80. The predicted molar refractivity (Wildman–Crippen MR) is 110 cm³/mol. The first-order valence-electron chi connectivity index (χ1n) is 9.68. The van der Waals surface area contributed by atoms with Crippen LogP contribution in [0.2, 0.25) is 0 Å².